The van der Waals surface area contributed by atoms with E-state index >= 15 is 0 Å². The summed E-state index contributed by atoms with van der Waals surface area (Å²) in [7, 11) is -3.50. The smallest absolute Gasteiger partial charge is 0.320 e. The first-order valence-corrected chi connectivity index (χ1v) is 12.8. The van der Waals surface area contributed by atoms with Gasteiger partial charge < -0.3 is 14.7 Å². The van der Waals surface area contributed by atoms with Gasteiger partial charge in [-0.3, -0.25) is 4.79 Å². The molecule has 0 aromatic heterocycles. The maximum absolute atomic E-state index is 13.0. The van der Waals surface area contributed by atoms with Gasteiger partial charge in [-0.25, -0.2) is 13.2 Å². The summed E-state index contributed by atoms with van der Waals surface area (Å²) in [6, 6.07) is 8.56. The van der Waals surface area contributed by atoms with Gasteiger partial charge in [0.2, 0.25) is 15.9 Å². The topological polar surface area (TPSA) is 81.2 Å². The van der Waals surface area contributed by atoms with Gasteiger partial charge in [0, 0.05) is 58.3 Å². The van der Waals surface area contributed by atoms with Gasteiger partial charge in [0.25, 0.3) is 0 Å². The van der Waals surface area contributed by atoms with Crippen molar-refractivity contribution in [1.29, 1.82) is 0 Å². The molecule has 3 saturated heterocycles. The highest BCUT2D eigenvalue weighted by Crippen LogP contribution is 2.25. The van der Waals surface area contributed by atoms with E-state index in [0.717, 1.165) is 25.9 Å². The molecule has 31 heavy (non-hydrogen) atoms. The quantitative estimate of drug-likeness (QED) is 0.707. The van der Waals surface area contributed by atoms with Crippen LogP contribution in [0.4, 0.5) is 4.79 Å². The first-order valence-electron chi connectivity index (χ1n) is 11.3. The lowest BCUT2D eigenvalue weighted by Gasteiger charge is -2.40. The number of hydrogen-bond acceptors (Lipinski definition) is 4. The van der Waals surface area contributed by atoms with Crippen molar-refractivity contribution in [1.82, 2.24) is 19.0 Å². The molecule has 3 fully saturated rings. The van der Waals surface area contributed by atoms with Gasteiger partial charge >= 0.3 is 6.03 Å². The lowest BCUT2D eigenvalue weighted by molar-refractivity contribution is -0.138. The van der Waals surface area contributed by atoms with Crippen LogP contribution >= 0.6 is 0 Å². The Hall–Kier alpha value is -2.13. The van der Waals surface area contributed by atoms with Crippen molar-refractivity contribution in [2.45, 2.75) is 37.0 Å². The van der Waals surface area contributed by atoms with Crippen LogP contribution in [0.1, 0.15) is 32.1 Å². The van der Waals surface area contributed by atoms with Crippen molar-refractivity contribution in [3.05, 3.63) is 30.3 Å². The largest absolute Gasteiger partial charge is 0.339 e. The van der Waals surface area contributed by atoms with Crippen molar-refractivity contribution in [3.8, 4) is 0 Å². The number of rotatable bonds is 3. The highest BCUT2D eigenvalue weighted by atomic mass is 32.2. The molecule has 3 heterocycles. The number of likely N-dealkylation sites (tertiary alicyclic amines) is 1. The third kappa shape index (κ3) is 4.87. The minimum atomic E-state index is -3.50. The Bertz CT molecular complexity index is 870. The highest BCUT2D eigenvalue weighted by molar-refractivity contribution is 7.89. The van der Waals surface area contributed by atoms with E-state index in [-0.39, 0.29) is 17.9 Å². The molecular formula is C22H32N4O4S. The molecule has 0 atom stereocenters. The summed E-state index contributed by atoms with van der Waals surface area (Å²) in [5.74, 6) is -0.0478. The Morgan fingerprint density at radius 2 is 1.26 bits per heavy atom. The lowest BCUT2D eigenvalue weighted by atomic mass is 9.96. The summed E-state index contributed by atoms with van der Waals surface area (Å²) in [5, 5.41) is 0. The van der Waals surface area contributed by atoms with E-state index in [1.54, 1.807) is 30.3 Å². The molecule has 1 aromatic rings. The number of piperidine rings is 2. The lowest BCUT2D eigenvalue weighted by Crippen LogP contribution is -2.56. The van der Waals surface area contributed by atoms with Gasteiger partial charge in [0.1, 0.15) is 0 Å². The maximum Gasteiger partial charge on any atom is 0.320 e. The van der Waals surface area contributed by atoms with Crippen LogP contribution in [0.3, 0.4) is 0 Å². The number of benzene rings is 1. The van der Waals surface area contributed by atoms with Crippen LogP contribution in [0, 0.1) is 5.92 Å². The van der Waals surface area contributed by atoms with Crippen molar-refractivity contribution < 1.29 is 18.0 Å². The second-order valence-corrected chi connectivity index (χ2v) is 10.6. The molecule has 9 heteroatoms. The molecular weight excluding hydrogens is 416 g/mol. The zero-order valence-electron chi connectivity index (χ0n) is 18.0. The van der Waals surface area contributed by atoms with E-state index < -0.39 is 10.0 Å². The van der Waals surface area contributed by atoms with E-state index in [2.05, 4.69) is 0 Å². The fourth-order valence-electron chi connectivity index (χ4n) is 4.75. The van der Waals surface area contributed by atoms with Gasteiger partial charge in [-0.2, -0.15) is 4.31 Å². The number of sulfonamides is 1. The highest BCUT2D eigenvalue weighted by Gasteiger charge is 2.35. The first-order chi connectivity index (χ1) is 15.0. The minimum Gasteiger partial charge on any atom is -0.339 e. The molecule has 170 valence electrons. The second kappa shape index (κ2) is 9.56. The molecule has 0 aliphatic carbocycles. The molecule has 8 nitrogen and oxygen atoms in total. The van der Waals surface area contributed by atoms with E-state index in [4.69, 9.17) is 0 Å². The average molecular weight is 449 g/mol. The maximum atomic E-state index is 13.0. The number of urea groups is 1. The van der Waals surface area contributed by atoms with Crippen molar-refractivity contribution >= 4 is 22.0 Å². The number of hydrogen-bond donors (Lipinski definition) is 0. The van der Waals surface area contributed by atoms with Gasteiger partial charge in [0.05, 0.1) is 4.90 Å². The van der Waals surface area contributed by atoms with Crippen molar-refractivity contribution in [3.63, 3.8) is 0 Å². The van der Waals surface area contributed by atoms with Crippen LogP contribution in [0.15, 0.2) is 35.2 Å². The predicted octanol–water partition coefficient (Wildman–Crippen LogP) is 1.84. The molecule has 3 aliphatic heterocycles. The molecule has 3 aliphatic rings. The van der Waals surface area contributed by atoms with Gasteiger partial charge in [0.15, 0.2) is 0 Å². The summed E-state index contributed by atoms with van der Waals surface area (Å²) in [6.07, 6.45) is 4.42. The molecule has 0 bridgehead atoms. The molecule has 0 saturated carbocycles. The Labute approximate surface area is 184 Å². The van der Waals surface area contributed by atoms with E-state index in [1.807, 2.05) is 14.7 Å². The number of amides is 3. The van der Waals surface area contributed by atoms with Gasteiger partial charge in [-0.05, 0) is 44.2 Å². The first kappa shape index (κ1) is 22.1. The standard InChI is InChI=1S/C22H32N4O4S/c27-21(23-15-17-25(18-16-23)22(28)24-11-5-2-6-12-24)19-9-13-26(14-10-19)31(29,30)20-7-3-1-4-8-20/h1,3-4,7-8,19H,2,5-6,9-18H2. The third-order valence-electron chi connectivity index (χ3n) is 6.67. The zero-order valence-corrected chi connectivity index (χ0v) is 18.8. The van der Waals surface area contributed by atoms with E-state index in [0.29, 0.717) is 57.0 Å². The van der Waals surface area contributed by atoms with Crippen LogP contribution in [0.25, 0.3) is 0 Å². The molecule has 3 amide bonds. The van der Waals surface area contributed by atoms with E-state index in [9.17, 15) is 18.0 Å². The third-order valence-corrected chi connectivity index (χ3v) is 8.59. The molecule has 0 radical (unpaired) electrons. The van der Waals surface area contributed by atoms with Crippen LogP contribution in [-0.2, 0) is 14.8 Å². The van der Waals surface area contributed by atoms with Crippen LogP contribution in [-0.4, -0.2) is 91.7 Å². The van der Waals surface area contributed by atoms with Crippen LogP contribution < -0.4 is 0 Å². The Morgan fingerprint density at radius 3 is 1.87 bits per heavy atom. The minimum absolute atomic E-state index is 0.0989. The van der Waals surface area contributed by atoms with Crippen LogP contribution in [0.5, 0.6) is 0 Å². The number of nitrogens with zero attached hydrogens (tertiary/aromatic N) is 4. The van der Waals surface area contributed by atoms with Crippen molar-refractivity contribution in [2.24, 2.45) is 5.92 Å². The average Bonchev–Trinajstić information content (AvgIpc) is 2.84. The Morgan fingerprint density at radius 1 is 0.710 bits per heavy atom. The molecule has 0 unspecified atom stereocenters. The summed E-state index contributed by atoms with van der Waals surface area (Å²) < 4.78 is 27.1. The SMILES string of the molecule is O=C(C1CCN(S(=O)(=O)c2ccccc2)CC1)N1CCN(C(=O)N2CCCCC2)CC1. The predicted molar refractivity (Wildman–Crippen MR) is 117 cm³/mol. The molecule has 0 spiro atoms. The fraction of sp³-hybridized carbons (Fsp3) is 0.636. The molecule has 0 N–H and O–H groups in total. The number of piperazine rings is 1. The van der Waals surface area contributed by atoms with Gasteiger partial charge in [-0.15, -0.1) is 0 Å². The van der Waals surface area contributed by atoms with E-state index in [1.165, 1.54) is 10.7 Å². The Kier molecular flexibility index (Phi) is 6.81. The zero-order chi connectivity index (χ0) is 21.8. The van der Waals surface area contributed by atoms with Crippen LogP contribution in [0.2, 0.25) is 0 Å². The van der Waals surface area contributed by atoms with Crippen molar-refractivity contribution in [2.75, 3.05) is 52.4 Å². The summed E-state index contributed by atoms with van der Waals surface area (Å²) >= 11 is 0. The summed E-state index contributed by atoms with van der Waals surface area (Å²) in [4.78, 5) is 31.6. The molecule has 4 rings (SSSR count). The number of carbonyl (C=O) groups excluding carboxylic acids is 2. The fourth-order valence-corrected chi connectivity index (χ4v) is 6.24. The Balaban J connectivity index is 1.26. The molecule has 1 aromatic carbocycles. The normalized spacial score (nSPS) is 21.9. The van der Waals surface area contributed by atoms with Gasteiger partial charge in [-0.1, -0.05) is 18.2 Å². The summed E-state index contributed by atoms with van der Waals surface area (Å²) in [6.45, 7) is 4.65. The second-order valence-electron chi connectivity index (χ2n) is 8.63. The summed E-state index contributed by atoms with van der Waals surface area (Å²) in [5.41, 5.74) is 0. The monoisotopic (exact) mass is 448 g/mol. The number of carbonyl (C=O) groups is 2.